The number of nitrogens with one attached hydrogen (secondary N) is 1. The first kappa shape index (κ1) is 24.6. The van der Waals surface area contributed by atoms with E-state index in [4.69, 9.17) is 16.3 Å². The van der Waals surface area contributed by atoms with Crippen LogP contribution < -0.4 is 10.1 Å². The highest BCUT2D eigenvalue weighted by Crippen LogP contribution is 2.36. The first-order chi connectivity index (χ1) is 16.5. The van der Waals surface area contributed by atoms with Gasteiger partial charge in [0.05, 0.1) is 10.4 Å². The van der Waals surface area contributed by atoms with Crippen molar-refractivity contribution in [2.75, 3.05) is 0 Å². The van der Waals surface area contributed by atoms with Crippen LogP contribution in [0, 0.1) is 10.1 Å². The zero-order valence-corrected chi connectivity index (χ0v) is 20.8. The summed E-state index contributed by atoms with van der Waals surface area (Å²) >= 11 is 6.01. The fourth-order valence-corrected chi connectivity index (χ4v) is 4.98. The SMILES string of the molecule is CC(C)(C)NCc1cn(S(=O)(=O)c2cccnc2)c2cc(Oc3cc(Cl)ccc3[N+](=O)[O-])ccc12. The molecule has 11 heteroatoms. The van der Waals surface area contributed by atoms with Gasteiger partial charge in [-0.25, -0.2) is 12.4 Å². The van der Waals surface area contributed by atoms with Gasteiger partial charge in [0.25, 0.3) is 10.0 Å². The second-order valence-corrected chi connectivity index (χ2v) is 11.1. The molecule has 1 N–H and O–H groups in total. The molecule has 0 atom stereocenters. The third-order valence-electron chi connectivity index (χ3n) is 5.17. The number of nitro groups is 1. The molecule has 2 aromatic heterocycles. The number of halogens is 1. The van der Waals surface area contributed by atoms with Crippen LogP contribution in [-0.4, -0.2) is 27.8 Å². The molecular formula is C24H23ClN4O5S. The van der Waals surface area contributed by atoms with E-state index in [9.17, 15) is 18.5 Å². The van der Waals surface area contributed by atoms with Gasteiger partial charge >= 0.3 is 5.69 Å². The summed E-state index contributed by atoms with van der Waals surface area (Å²) in [5, 5.41) is 15.8. The van der Waals surface area contributed by atoms with Crippen molar-refractivity contribution in [2.24, 2.45) is 0 Å². The van der Waals surface area contributed by atoms with Crippen molar-refractivity contribution in [1.29, 1.82) is 0 Å². The van der Waals surface area contributed by atoms with Gasteiger partial charge < -0.3 is 10.1 Å². The highest BCUT2D eigenvalue weighted by Gasteiger charge is 2.23. The average molecular weight is 515 g/mol. The van der Waals surface area contributed by atoms with Gasteiger partial charge in [-0.1, -0.05) is 11.6 Å². The predicted octanol–water partition coefficient (Wildman–Crippen LogP) is 5.52. The number of pyridine rings is 1. The maximum atomic E-state index is 13.5. The normalized spacial score (nSPS) is 12.1. The number of ether oxygens (including phenoxy) is 1. The molecule has 0 radical (unpaired) electrons. The van der Waals surface area contributed by atoms with Crippen molar-refractivity contribution in [3.05, 3.63) is 87.8 Å². The van der Waals surface area contributed by atoms with Crippen molar-refractivity contribution in [1.82, 2.24) is 14.3 Å². The number of aromatic nitrogens is 2. The van der Waals surface area contributed by atoms with E-state index >= 15 is 0 Å². The second-order valence-electron chi connectivity index (χ2n) is 8.90. The highest BCUT2D eigenvalue weighted by atomic mass is 35.5. The van der Waals surface area contributed by atoms with E-state index in [-0.39, 0.29) is 32.6 Å². The Bertz CT molecular complexity index is 1510. The third kappa shape index (κ3) is 5.29. The van der Waals surface area contributed by atoms with Crippen LogP contribution in [0.4, 0.5) is 5.69 Å². The van der Waals surface area contributed by atoms with Crippen molar-refractivity contribution >= 4 is 38.2 Å². The van der Waals surface area contributed by atoms with Gasteiger partial charge in [-0.15, -0.1) is 0 Å². The number of hydrogen-bond acceptors (Lipinski definition) is 7. The lowest BCUT2D eigenvalue weighted by molar-refractivity contribution is -0.385. The quantitative estimate of drug-likeness (QED) is 0.255. The molecule has 2 aromatic carbocycles. The standard InChI is InChI=1S/C24H23ClN4O5S/c1-24(2,3)27-13-16-15-28(35(32,33)19-5-4-10-26-14-19)22-12-18(7-8-20(16)22)34-23-11-17(25)6-9-21(23)29(30)31/h4-12,14-15,27H,13H2,1-3H3. The Labute approximate surface area is 207 Å². The van der Waals surface area contributed by atoms with E-state index in [1.807, 2.05) is 20.8 Å². The molecule has 35 heavy (non-hydrogen) atoms. The minimum atomic E-state index is -3.97. The van der Waals surface area contributed by atoms with Gasteiger partial charge in [-0.2, -0.15) is 0 Å². The average Bonchev–Trinajstić information content (AvgIpc) is 3.16. The Balaban J connectivity index is 1.85. The number of nitro benzene ring substituents is 1. The molecule has 0 amide bonds. The molecule has 2 heterocycles. The van der Waals surface area contributed by atoms with Gasteiger partial charge in [0, 0.05) is 59.3 Å². The number of nitrogens with zero attached hydrogens (tertiary/aromatic N) is 3. The van der Waals surface area contributed by atoms with Crippen molar-refractivity contribution in [2.45, 2.75) is 37.8 Å². The van der Waals surface area contributed by atoms with Crippen LogP contribution in [0.15, 0.2) is 72.0 Å². The highest BCUT2D eigenvalue weighted by molar-refractivity contribution is 7.90. The number of fused-ring (bicyclic) bond motifs is 1. The monoisotopic (exact) mass is 514 g/mol. The summed E-state index contributed by atoms with van der Waals surface area (Å²) in [6.45, 7) is 6.47. The Morgan fingerprint density at radius 3 is 2.60 bits per heavy atom. The third-order valence-corrected chi connectivity index (χ3v) is 7.06. The lowest BCUT2D eigenvalue weighted by Gasteiger charge is -2.20. The largest absolute Gasteiger partial charge is 0.450 e. The Morgan fingerprint density at radius 1 is 1.17 bits per heavy atom. The van der Waals surface area contributed by atoms with Gasteiger partial charge in [-0.05, 0) is 56.7 Å². The Hall–Kier alpha value is -3.47. The van der Waals surface area contributed by atoms with Gasteiger partial charge in [-0.3, -0.25) is 15.1 Å². The van der Waals surface area contributed by atoms with Gasteiger partial charge in [0.1, 0.15) is 10.6 Å². The Kier molecular flexibility index (Phi) is 6.54. The molecule has 0 saturated heterocycles. The molecular weight excluding hydrogens is 492 g/mol. The van der Waals surface area contributed by atoms with E-state index in [0.29, 0.717) is 17.4 Å². The van der Waals surface area contributed by atoms with Crippen molar-refractivity contribution in [3.8, 4) is 11.5 Å². The molecule has 0 bridgehead atoms. The zero-order valence-electron chi connectivity index (χ0n) is 19.2. The first-order valence-electron chi connectivity index (χ1n) is 10.6. The molecule has 0 saturated carbocycles. The lowest BCUT2D eigenvalue weighted by atomic mass is 10.1. The molecule has 0 unspecified atom stereocenters. The summed E-state index contributed by atoms with van der Waals surface area (Å²) in [6.07, 6.45) is 4.34. The summed E-state index contributed by atoms with van der Waals surface area (Å²) in [5.41, 5.74) is 0.679. The van der Waals surface area contributed by atoms with Crippen LogP contribution >= 0.6 is 11.6 Å². The lowest BCUT2D eigenvalue weighted by Crippen LogP contribution is -2.35. The fraction of sp³-hybridized carbons (Fsp3) is 0.208. The zero-order chi connectivity index (χ0) is 25.4. The van der Waals surface area contributed by atoms with E-state index in [1.165, 1.54) is 46.7 Å². The van der Waals surface area contributed by atoms with E-state index in [0.717, 1.165) is 5.56 Å². The van der Waals surface area contributed by atoms with Crippen LogP contribution in [0.3, 0.4) is 0 Å². The van der Waals surface area contributed by atoms with Crippen LogP contribution in [0.5, 0.6) is 11.5 Å². The molecule has 0 aliphatic rings. The predicted molar refractivity (Wildman–Crippen MR) is 134 cm³/mol. The number of hydrogen-bond donors (Lipinski definition) is 1. The fourth-order valence-electron chi connectivity index (χ4n) is 3.47. The summed E-state index contributed by atoms with van der Waals surface area (Å²) in [5.74, 6) is 0.170. The summed E-state index contributed by atoms with van der Waals surface area (Å²) in [6, 6.07) is 11.9. The first-order valence-corrected chi connectivity index (χ1v) is 12.4. The minimum Gasteiger partial charge on any atom is -0.450 e. The van der Waals surface area contributed by atoms with Gasteiger partial charge in [0.15, 0.2) is 0 Å². The molecule has 0 aliphatic carbocycles. The minimum absolute atomic E-state index is 0.0315. The van der Waals surface area contributed by atoms with Crippen LogP contribution in [-0.2, 0) is 16.6 Å². The van der Waals surface area contributed by atoms with E-state index < -0.39 is 14.9 Å². The second kappa shape index (κ2) is 9.29. The number of benzene rings is 2. The van der Waals surface area contributed by atoms with Gasteiger partial charge in [0.2, 0.25) is 5.75 Å². The Morgan fingerprint density at radius 2 is 1.94 bits per heavy atom. The molecule has 4 rings (SSSR count). The molecule has 0 aliphatic heterocycles. The van der Waals surface area contributed by atoms with Crippen LogP contribution in [0.25, 0.3) is 10.9 Å². The molecule has 0 spiro atoms. The van der Waals surface area contributed by atoms with Crippen molar-refractivity contribution in [3.63, 3.8) is 0 Å². The molecule has 182 valence electrons. The number of rotatable bonds is 7. The molecule has 4 aromatic rings. The topological polar surface area (TPSA) is 116 Å². The summed E-state index contributed by atoms with van der Waals surface area (Å²) < 4.78 is 33.9. The summed E-state index contributed by atoms with van der Waals surface area (Å²) in [4.78, 5) is 14.8. The van der Waals surface area contributed by atoms with Crippen molar-refractivity contribution < 1.29 is 18.1 Å². The molecule has 9 nitrogen and oxygen atoms in total. The maximum Gasteiger partial charge on any atom is 0.311 e. The smallest absolute Gasteiger partial charge is 0.311 e. The van der Waals surface area contributed by atoms with Crippen LogP contribution in [0.2, 0.25) is 5.02 Å². The van der Waals surface area contributed by atoms with Crippen LogP contribution in [0.1, 0.15) is 26.3 Å². The van der Waals surface area contributed by atoms with E-state index in [2.05, 4.69) is 10.3 Å². The summed E-state index contributed by atoms with van der Waals surface area (Å²) in [7, 11) is -3.97. The maximum absolute atomic E-state index is 13.5. The molecule has 0 fully saturated rings. The van der Waals surface area contributed by atoms with E-state index in [1.54, 1.807) is 24.4 Å².